The minimum Gasteiger partial charge on any atom is -0.376 e. The molecule has 0 bridgehead atoms. The molecule has 2 N–H and O–H groups in total. The second kappa shape index (κ2) is 5.50. The van der Waals surface area contributed by atoms with Crippen molar-refractivity contribution in [3.05, 3.63) is 35.6 Å². The second-order valence-electron chi connectivity index (χ2n) is 5.52. The number of nitrogens with two attached hydrogens (primary N) is 1. The number of likely N-dealkylation sites (tertiary alicyclic amines) is 1. The van der Waals surface area contributed by atoms with Gasteiger partial charge < -0.3 is 15.4 Å². The average Bonchev–Trinajstić information content (AvgIpc) is 3.01. The van der Waals surface area contributed by atoms with Crippen LogP contribution in [0.3, 0.4) is 0 Å². The van der Waals surface area contributed by atoms with Gasteiger partial charge in [-0.15, -0.1) is 0 Å². The predicted octanol–water partition coefficient (Wildman–Crippen LogP) is 1.61. The maximum absolute atomic E-state index is 14.0. The highest BCUT2D eigenvalue weighted by Crippen LogP contribution is 2.34. The monoisotopic (exact) mass is 278 g/mol. The first-order valence-corrected chi connectivity index (χ1v) is 7.08. The van der Waals surface area contributed by atoms with E-state index in [1.165, 1.54) is 6.07 Å². The minimum atomic E-state index is -0.382. The van der Waals surface area contributed by atoms with Gasteiger partial charge in [0.05, 0.1) is 12.1 Å². The molecule has 4 nitrogen and oxygen atoms in total. The summed E-state index contributed by atoms with van der Waals surface area (Å²) in [5.41, 5.74) is 6.57. The summed E-state index contributed by atoms with van der Waals surface area (Å²) in [6.07, 6.45) is 2.29. The Labute approximate surface area is 117 Å². The fraction of sp³-hybridized carbons (Fsp3) is 0.533. The van der Waals surface area contributed by atoms with Crippen LogP contribution in [0.5, 0.6) is 0 Å². The largest absolute Gasteiger partial charge is 0.376 e. The second-order valence-corrected chi connectivity index (χ2v) is 5.52. The lowest BCUT2D eigenvalue weighted by atomic mass is 10.00. The summed E-state index contributed by atoms with van der Waals surface area (Å²) in [5.74, 6) is -0.318. The van der Waals surface area contributed by atoms with Gasteiger partial charge in [-0.2, -0.15) is 0 Å². The normalized spacial score (nSPS) is 30.2. The molecule has 2 aliphatic heterocycles. The molecule has 20 heavy (non-hydrogen) atoms. The van der Waals surface area contributed by atoms with Gasteiger partial charge in [0, 0.05) is 31.2 Å². The van der Waals surface area contributed by atoms with Crippen molar-refractivity contribution < 1.29 is 13.9 Å². The summed E-state index contributed by atoms with van der Waals surface area (Å²) in [6, 6.07) is 5.80. The summed E-state index contributed by atoms with van der Waals surface area (Å²) < 4.78 is 19.6. The van der Waals surface area contributed by atoms with Crippen LogP contribution in [-0.4, -0.2) is 36.1 Å². The van der Waals surface area contributed by atoms with E-state index in [-0.39, 0.29) is 36.3 Å². The molecule has 5 heteroatoms. The van der Waals surface area contributed by atoms with E-state index in [0.717, 1.165) is 19.4 Å². The number of carbonyl (C=O) groups excluding carboxylic acids is 1. The van der Waals surface area contributed by atoms with Crippen LogP contribution >= 0.6 is 0 Å². The fourth-order valence-corrected chi connectivity index (χ4v) is 3.15. The van der Waals surface area contributed by atoms with E-state index in [4.69, 9.17) is 10.5 Å². The smallest absolute Gasteiger partial charge is 0.224 e. The van der Waals surface area contributed by atoms with Crippen molar-refractivity contribution in [1.82, 2.24) is 4.90 Å². The summed E-state index contributed by atoms with van der Waals surface area (Å²) in [7, 11) is 0. The number of nitrogens with zero attached hydrogens (tertiary/aromatic N) is 1. The Morgan fingerprint density at radius 2 is 2.20 bits per heavy atom. The molecule has 3 atom stereocenters. The molecule has 2 saturated heterocycles. The summed E-state index contributed by atoms with van der Waals surface area (Å²) >= 11 is 0. The molecule has 1 aromatic rings. The lowest BCUT2D eigenvalue weighted by Crippen LogP contribution is -2.38. The molecule has 0 aromatic heterocycles. The Bertz CT molecular complexity index is 502. The molecular weight excluding hydrogens is 259 g/mol. The molecule has 3 unspecified atom stereocenters. The highest BCUT2D eigenvalue weighted by atomic mass is 19.1. The third-order valence-corrected chi connectivity index (χ3v) is 4.12. The molecule has 0 aliphatic carbocycles. The lowest BCUT2D eigenvalue weighted by Gasteiger charge is -2.29. The number of ether oxygens (including phenoxy) is 1. The Hall–Kier alpha value is -1.46. The van der Waals surface area contributed by atoms with Gasteiger partial charge in [-0.3, -0.25) is 4.79 Å². The van der Waals surface area contributed by atoms with Gasteiger partial charge in [0.1, 0.15) is 5.82 Å². The number of hydrogen-bond donors (Lipinski definition) is 1. The topological polar surface area (TPSA) is 55.6 Å². The first-order chi connectivity index (χ1) is 9.66. The van der Waals surface area contributed by atoms with E-state index in [2.05, 4.69) is 0 Å². The van der Waals surface area contributed by atoms with Crippen LogP contribution in [0, 0.1) is 5.82 Å². The molecule has 1 aromatic carbocycles. The lowest BCUT2D eigenvalue weighted by molar-refractivity contribution is -0.130. The van der Waals surface area contributed by atoms with Gasteiger partial charge in [0.2, 0.25) is 5.91 Å². The number of carbonyl (C=O) groups is 1. The molecule has 3 rings (SSSR count). The van der Waals surface area contributed by atoms with Crippen LogP contribution < -0.4 is 5.73 Å². The third kappa shape index (κ3) is 2.43. The fourth-order valence-electron chi connectivity index (χ4n) is 3.15. The predicted molar refractivity (Wildman–Crippen MR) is 72.4 cm³/mol. The van der Waals surface area contributed by atoms with Gasteiger partial charge in [0.25, 0.3) is 0 Å². The third-order valence-electron chi connectivity index (χ3n) is 4.12. The summed E-state index contributed by atoms with van der Waals surface area (Å²) in [6.45, 7) is 1.24. The van der Waals surface area contributed by atoms with Crippen molar-refractivity contribution in [2.45, 2.75) is 37.5 Å². The van der Waals surface area contributed by atoms with Gasteiger partial charge in [0.15, 0.2) is 0 Å². The minimum absolute atomic E-state index is 0.0127. The van der Waals surface area contributed by atoms with Crippen molar-refractivity contribution >= 4 is 5.91 Å². The quantitative estimate of drug-likeness (QED) is 0.914. The van der Waals surface area contributed by atoms with E-state index in [0.29, 0.717) is 12.1 Å². The number of rotatable bonds is 3. The van der Waals surface area contributed by atoms with Gasteiger partial charge in [-0.25, -0.2) is 4.39 Å². The van der Waals surface area contributed by atoms with Crippen LogP contribution in [0.15, 0.2) is 24.3 Å². The zero-order valence-electron chi connectivity index (χ0n) is 11.3. The number of benzene rings is 1. The summed E-state index contributed by atoms with van der Waals surface area (Å²) in [4.78, 5) is 13.8. The average molecular weight is 278 g/mol. The van der Waals surface area contributed by atoms with Crippen molar-refractivity contribution in [2.75, 3.05) is 13.2 Å². The van der Waals surface area contributed by atoms with Gasteiger partial charge >= 0.3 is 0 Å². The zero-order chi connectivity index (χ0) is 14.1. The van der Waals surface area contributed by atoms with Crippen molar-refractivity contribution in [3.8, 4) is 0 Å². The van der Waals surface area contributed by atoms with Gasteiger partial charge in [-0.1, -0.05) is 18.2 Å². The van der Waals surface area contributed by atoms with Crippen molar-refractivity contribution in [1.29, 1.82) is 0 Å². The molecule has 0 radical (unpaired) electrons. The highest BCUT2D eigenvalue weighted by molar-refractivity contribution is 5.80. The SMILES string of the molecule is NC1CC(=O)N(CC2CCCO2)C1c1ccccc1F. The molecule has 2 fully saturated rings. The maximum Gasteiger partial charge on any atom is 0.224 e. The molecular formula is C15H19FN2O2. The van der Waals surface area contributed by atoms with E-state index in [1.807, 2.05) is 0 Å². The zero-order valence-corrected chi connectivity index (χ0v) is 11.3. The van der Waals surface area contributed by atoms with Crippen molar-refractivity contribution in [3.63, 3.8) is 0 Å². The number of amides is 1. The first kappa shape index (κ1) is 13.5. The van der Waals surface area contributed by atoms with E-state index < -0.39 is 0 Å². The Morgan fingerprint density at radius 3 is 2.90 bits per heavy atom. The number of halogens is 1. The van der Waals surface area contributed by atoms with Crippen LogP contribution in [-0.2, 0) is 9.53 Å². The molecule has 2 aliphatic rings. The van der Waals surface area contributed by atoms with Gasteiger partial charge in [-0.05, 0) is 18.9 Å². The van der Waals surface area contributed by atoms with E-state index in [1.54, 1.807) is 23.1 Å². The van der Waals surface area contributed by atoms with Crippen molar-refractivity contribution in [2.24, 2.45) is 5.73 Å². The first-order valence-electron chi connectivity index (χ1n) is 7.08. The Kier molecular flexibility index (Phi) is 3.72. The molecule has 0 saturated carbocycles. The van der Waals surface area contributed by atoms with Crippen LogP contribution in [0.25, 0.3) is 0 Å². The Morgan fingerprint density at radius 1 is 1.40 bits per heavy atom. The molecule has 108 valence electrons. The standard InChI is InChI=1S/C15H19FN2O2/c16-12-6-2-1-5-11(12)15-13(17)8-14(19)18(15)9-10-4-3-7-20-10/h1-2,5-6,10,13,15H,3-4,7-9,17H2. The summed E-state index contributed by atoms with van der Waals surface area (Å²) in [5, 5.41) is 0. The van der Waals surface area contributed by atoms with Crippen LogP contribution in [0.4, 0.5) is 4.39 Å². The van der Waals surface area contributed by atoms with Crippen LogP contribution in [0.1, 0.15) is 30.9 Å². The van der Waals surface area contributed by atoms with E-state index >= 15 is 0 Å². The van der Waals surface area contributed by atoms with Crippen LogP contribution in [0.2, 0.25) is 0 Å². The Balaban J connectivity index is 1.85. The molecule has 0 spiro atoms. The maximum atomic E-state index is 14.0. The molecule has 1 amide bonds. The van der Waals surface area contributed by atoms with E-state index in [9.17, 15) is 9.18 Å². The molecule has 2 heterocycles. The highest BCUT2D eigenvalue weighted by Gasteiger charge is 2.41. The number of hydrogen-bond acceptors (Lipinski definition) is 3.